The largest absolute Gasteiger partial charge is 0.312 e. The molecule has 4 nitrogen and oxygen atoms in total. The zero-order valence-electron chi connectivity index (χ0n) is 11.2. The van der Waals surface area contributed by atoms with Crippen molar-refractivity contribution in [1.29, 1.82) is 0 Å². The molecule has 0 heterocycles. The molecule has 0 saturated heterocycles. The predicted molar refractivity (Wildman–Crippen MR) is 87.7 cm³/mol. The molecule has 0 bridgehead atoms. The lowest BCUT2D eigenvalue weighted by Gasteiger charge is -2.06. The highest BCUT2D eigenvalue weighted by molar-refractivity contribution is 9.10. The fourth-order valence-electron chi connectivity index (χ4n) is 1.96. The van der Waals surface area contributed by atoms with E-state index in [4.69, 9.17) is 11.6 Å². The fraction of sp³-hybridized carbons (Fsp3) is 0.200. The first-order valence-corrected chi connectivity index (χ1v) is 7.61. The van der Waals surface area contributed by atoms with Gasteiger partial charge in [-0.1, -0.05) is 39.7 Å². The van der Waals surface area contributed by atoms with Gasteiger partial charge in [-0.15, -0.1) is 0 Å². The van der Waals surface area contributed by atoms with Crippen LogP contribution in [0, 0.1) is 10.1 Å². The van der Waals surface area contributed by atoms with Gasteiger partial charge in [0.15, 0.2) is 0 Å². The number of nitro groups is 1. The van der Waals surface area contributed by atoms with Crippen LogP contribution in [-0.2, 0) is 13.0 Å². The van der Waals surface area contributed by atoms with Crippen molar-refractivity contribution in [3.05, 3.63) is 73.2 Å². The molecular formula is C15H14BrClN2O2. The topological polar surface area (TPSA) is 55.2 Å². The highest BCUT2D eigenvalue weighted by atomic mass is 79.9. The quantitative estimate of drug-likeness (QED) is 0.468. The molecule has 0 aliphatic carbocycles. The molecule has 0 saturated carbocycles. The maximum atomic E-state index is 11.0. The molecule has 21 heavy (non-hydrogen) atoms. The predicted octanol–water partition coefficient (Wildman–Crippen LogP) is 4.34. The van der Waals surface area contributed by atoms with E-state index in [-0.39, 0.29) is 10.6 Å². The summed E-state index contributed by atoms with van der Waals surface area (Å²) >= 11 is 9.08. The highest BCUT2D eigenvalue weighted by Gasteiger charge is 2.13. The lowest BCUT2D eigenvalue weighted by atomic mass is 10.1. The minimum atomic E-state index is -0.360. The van der Waals surface area contributed by atoms with Crippen molar-refractivity contribution in [2.45, 2.75) is 13.0 Å². The van der Waals surface area contributed by atoms with Crippen LogP contribution in [0.25, 0.3) is 0 Å². The number of nitrogens with zero attached hydrogens (tertiary/aromatic N) is 1. The van der Waals surface area contributed by atoms with Gasteiger partial charge >= 0.3 is 0 Å². The van der Waals surface area contributed by atoms with Crippen LogP contribution < -0.4 is 5.32 Å². The summed E-state index contributed by atoms with van der Waals surface area (Å²) in [4.78, 5) is 10.6. The zero-order chi connectivity index (χ0) is 15.2. The second-order valence-corrected chi connectivity index (χ2v) is 5.94. The number of nitrogens with one attached hydrogen (secondary N) is 1. The van der Waals surface area contributed by atoms with Crippen LogP contribution in [0.1, 0.15) is 11.1 Å². The minimum absolute atomic E-state index is 0.128. The second-order valence-electron chi connectivity index (χ2n) is 4.58. The maximum absolute atomic E-state index is 11.0. The van der Waals surface area contributed by atoms with Crippen LogP contribution in [-0.4, -0.2) is 11.5 Å². The summed E-state index contributed by atoms with van der Waals surface area (Å²) in [5.41, 5.74) is 1.99. The number of benzene rings is 2. The third-order valence-corrected chi connectivity index (χ3v) is 3.81. The number of halogens is 2. The van der Waals surface area contributed by atoms with Crippen molar-refractivity contribution in [3.63, 3.8) is 0 Å². The molecule has 6 heteroatoms. The molecule has 0 aliphatic heterocycles. The fourth-order valence-corrected chi connectivity index (χ4v) is 2.44. The van der Waals surface area contributed by atoms with Gasteiger partial charge in [0.2, 0.25) is 0 Å². The summed E-state index contributed by atoms with van der Waals surface area (Å²) in [6, 6.07) is 12.8. The van der Waals surface area contributed by atoms with Gasteiger partial charge in [-0.05, 0) is 42.8 Å². The molecule has 0 atom stereocenters. The number of nitro benzene ring substituents is 1. The first-order chi connectivity index (χ1) is 10.1. The average Bonchev–Trinajstić information content (AvgIpc) is 2.46. The van der Waals surface area contributed by atoms with E-state index < -0.39 is 0 Å². The van der Waals surface area contributed by atoms with Crippen LogP contribution in [0.5, 0.6) is 0 Å². The van der Waals surface area contributed by atoms with Crippen molar-refractivity contribution < 1.29 is 4.92 Å². The van der Waals surface area contributed by atoms with Gasteiger partial charge in [0.05, 0.1) is 4.92 Å². The second kappa shape index (κ2) is 7.54. The standard InChI is InChI=1S/C15H14BrClN2O2/c16-13-4-3-12(15(9-13)19(20)21)10-18-8-7-11-1-5-14(17)6-2-11/h1-6,9,18H,7-8,10H2. The summed E-state index contributed by atoms with van der Waals surface area (Å²) in [5.74, 6) is 0. The van der Waals surface area contributed by atoms with E-state index >= 15 is 0 Å². The van der Waals surface area contributed by atoms with Gasteiger partial charge in [0, 0.05) is 27.7 Å². The van der Waals surface area contributed by atoms with E-state index in [0.29, 0.717) is 16.6 Å². The Morgan fingerprint density at radius 3 is 2.57 bits per heavy atom. The van der Waals surface area contributed by atoms with E-state index in [1.807, 2.05) is 30.3 Å². The van der Waals surface area contributed by atoms with Crippen LogP contribution in [0.3, 0.4) is 0 Å². The summed E-state index contributed by atoms with van der Waals surface area (Å²) < 4.78 is 0.708. The molecule has 2 aromatic carbocycles. The Balaban J connectivity index is 1.89. The Bertz CT molecular complexity index is 632. The monoisotopic (exact) mass is 368 g/mol. The van der Waals surface area contributed by atoms with Crippen molar-refractivity contribution in [1.82, 2.24) is 5.32 Å². The van der Waals surface area contributed by atoms with Gasteiger partial charge in [-0.25, -0.2) is 0 Å². The van der Waals surface area contributed by atoms with Crippen LogP contribution >= 0.6 is 27.5 Å². The van der Waals surface area contributed by atoms with Crippen LogP contribution in [0.4, 0.5) is 5.69 Å². The average molecular weight is 370 g/mol. The third-order valence-electron chi connectivity index (χ3n) is 3.06. The Morgan fingerprint density at radius 2 is 1.90 bits per heavy atom. The van der Waals surface area contributed by atoms with E-state index in [9.17, 15) is 10.1 Å². The lowest BCUT2D eigenvalue weighted by molar-refractivity contribution is -0.385. The molecule has 2 aromatic rings. The number of hydrogen-bond donors (Lipinski definition) is 1. The van der Waals surface area contributed by atoms with Crippen molar-refractivity contribution in [2.75, 3.05) is 6.54 Å². The molecule has 0 unspecified atom stereocenters. The smallest absolute Gasteiger partial charge is 0.275 e. The maximum Gasteiger partial charge on any atom is 0.275 e. The van der Waals surface area contributed by atoms with Crippen molar-refractivity contribution >= 4 is 33.2 Å². The van der Waals surface area contributed by atoms with Crippen molar-refractivity contribution in [2.24, 2.45) is 0 Å². The summed E-state index contributed by atoms with van der Waals surface area (Å²) in [6.07, 6.45) is 0.849. The Kier molecular flexibility index (Phi) is 5.73. The molecule has 2 rings (SSSR count). The van der Waals surface area contributed by atoms with E-state index in [1.54, 1.807) is 6.07 Å². The first kappa shape index (κ1) is 15.9. The SMILES string of the molecule is O=[N+]([O-])c1cc(Br)ccc1CNCCc1ccc(Cl)cc1. The number of hydrogen-bond acceptors (Lipinski definition) is 3. The molecule has 1 N–H and O–H groups in total. The van der Waals surface area contributed by atoms with Gasteiger partial charge in [-0.3, -0.25) is 10.1 Å². The molecular weight excluding hydrogens is 356 g/mol. The third kappa shape index (κ3) is 4.81. The van der Waals surface area contributed by atoms with Gasteiger partial charge in [0.1, 0.15) is 0 Å². The summed E-state index contributed by atoms with van der Waals surface area (Å²) in [5, 5.41) is 15.0. The Hall–Kier alpha value is -1.43. The lowest BCUT2D eigenvalue weighted by Crippen LogP contribution is -2.17. The van der Waals surface area contributed by atoms with E-state index in [1.165, 1.54) is 11.6 Å². The van der Waals surface area contributed by atoms with Crippen LogP contribution in [0.15, 0.2) is 46.9 Å². The van der Waals surface area contributed by atoms with Gasteiger partial charge in [0.25, 0.3) is 5.69 Å². The molecule has 0 spiro atoms. The molecule has 0 fully saturated rings. The normalized spacial score (nSPS) is 10.6. The molecule has 0 radical (unpaired) electrons. The van der Waals surface area contributed by atoms with Gasteiger partial charge < -0.3 is 5.32 Å². The Morgan fingerprint density at radius 1 is 1.19 bits per heavy atom. The minimum Gasteiger partial charge on any atom is -0.312 e. The molecule has 0 aromatic heterocycles. The first-order valence-electron chi connectivity index (χ1n) is 6.44. The Labute approximate surface area is 136 Å². The molecule has 110 valence electrons. The van der Waals surface area contributed by atoms with E-state index in [2.05, 4.69) is 21.2 Å². The summed E-state index contributed by atoms with van der Waals surface area (Å²) in [7, 11) is 0. The highest BCUT2D eigenvalue weighted by Crippen LogP contribution is 2.23. The molecule has 0 aliphatic rings. The van der Waals surface area contributed by atoms with Gasteiger partial charge in [-0.2, -0.15) is 0 Å². The van der Waals surface area contributed by atoms with Crippen LogP contribution in [0.2, 0.25) is 5.02 Å². The zero-order valence-corrected chi connectivity index (χ0v) is 13.5. The van der Waals surface area contributed by atoms with Crippen molar-refractivity contribution in [3.8, 4) is 0 Å². The molecule has 0 amide bonds. The van der Waals surface area contributed by atoms with E-state index in [0.717, 1.165) is 18.0 Å². The number of rotatable bonds is 6. The summed E-state index contributed by atoms with van der Waals surface area (Å²) in [6.45, 7) is 1.21.